The molecule has 4 aliphatic carbocycles. The first-order chi connectivity index (χ1) is 30.3. The van der Waals surface area contributed by atoms with Crippen molar-refractivity contribution < 1.29 is 45.0 Å². The van der Waals surface area contributed by atoms with Gasteiger partial charge in [0.2, 0.25) is 0 Å². The van der Waals surface area contributed by atoms with Gasteiger partial charge in [-0.1, -0.05) is 71.0 Å². The Balaban J connectivity index is 0.000000291. The van der Waals surface area contributed by atoms with E-state index in [1.165, 1.54) is 51.2 Å². The van der Waals surface area contributed by atoms with Gasteiger partial charge in [-0.15, -0.1) is 0 Å². The van der Waals surface area contributed by atoms with E-state index in [2.05, 4.69) is 174 Å². The van der Waals surface area contributed by atoms with Crippen molar-refractivity contribution in [1.82, 2.24) is 19.8 Å². The van der Waals surface area contributed by atoms with Gasteiger partial charge >= 0.3 is 29.6 Å². The number of hydrogen-bond donors (Lipinski definition) is 3. The van der Waals surface area contributed by atoms with E-state index in [0.29, 0.717) is 24.2 Å². The van der Waals surface area contributed by atoms with Gasteiger partial charge < -0.3 is 32.0 Å². The van der Waals surface area contributed by atoms with Crippen LogP contribution in [-0.2, 0) is 40.3 Å². The number of likely N-dealkylation sites (N-methyl/N-ethyl adjacent to an activating group) is 2. The van der Waals surface area contributed by atoms with Crippen molar-refractivity contribution in [2.75, 3.05) is 27.2 Å². The van der Waals surface area contributed by atoms with Crippen LogP contribution in [-0.4, -0.2) is 93.3 Å². The number of hydrogen-bond acceptors (Lipinski definition) is 12. The van der Waals surface area contributed by atoms with Gasteiger partial charge in [0, 0.05) is 99.4 Å². The molecule has 0 radical (unpaired) electrons. The van der Waals surface area contributed by atoms with Crippen LogP contribution in [0.15, 0.2) is 29.4 Å². The number of nitrogens with zero attached hydrogens (tertiary/aromatic N) is 5. The fourth-order valence-electron chi connectivity index (χ4n) is 14.5. The monoisotopic (exact) mass is 1160 g/mol. The quantitative estimate of drug-likeness (QED) is 0.101. The molecule has 1 aromatic heterocycles. The topological polar surface area (TPSA) is 198 Å². The Bertz CT molecular complexity index is 2340. The maximum absolute atomic E-state index is 13.4. The largest absolute Gasteiger partial charge is 1.00 e. The number of Topliss-reactive ketones (excluding diaryl/α,β-unsaturated/α-hetero) is 1. The molecule has 2 aliphatic heterocycles. The van der Waals surface area contributed by atoms with E-state index in [4.69, 9.17) is 31.4 Å². The first-order valence-corrected chi connectivity index (χ1v) is 29.6. The van der Waals surface area contributed by atoms with E-state index in [0.717, 1.165) is 50.2 Å². The van der Waals surface area contributed by atoms with Crippen LogP contribution in [0.3, 0.4) is 0 Å². The minimum Gasteiger partial charge on any atom is -0.870 e. The third-order valence-corrected chi connectivity index (χ3v) is 18.4. The summed E-state index contributed by atoms with van der Waals surface area (Å²) in [7, 11) is 4.53. The molecule has 6 N–H and O–H groups in total. The molecule has 3 heterocycles. The van der Waals surface area contributed by atoms with Gasteiger partial charge in [0.1, 0.15) is 5.71 Å². The number of carbonyl (C=O) groups is 1. The molecule has 4 bridgehead atoms. The van der Waals surface area contributed by atoms with Crippen molar-refractivity contribution in [1.29, 1.82) is 0 Å². The molecule has 8 atom stereocenters. The van der Waals surface area contributed by atoms with Crippen LogP contribution in [0.2, 0.25) is 0 Å². The maximum Gasteiger partial charge on any atom is 1.00 e. The van der Waals surface area contributed by atoms with E-state index < -0.39 is 5.41 Å². The first kappa shape index (κ1) is 59.8. The predicted octanol–water partition coefficient (Wildman–Crippen LogP) is 6.73. The summed E-state index contributed by atoms with van der Waals surface area (Å²) in [4.78, 5) is 42.7. The number of carbonyl (C=O) groups excluding carboxylic acids is 1. The van der Waals surface area contributed by atoms with Crippen LogP contribution in [0.4, 0.5) is 0 Å². The van der Waals surface area contributed by atoms with Crippen molar-refractivity contribution >= 4 is 48.7 Å². The summed E-state index contributed by atoms with van der Waals surface area (Å²) in [6.07, 6.45) is 5.87. The molecular formula is C52H78I2N7NaO5. The number of oxime groups is 1. The smallest absolute Gasteiger partial charge is 0.870 e. The second kappa shape index (κ2) is 21.7. The third kappa shape index (κ3) is 8.88. The molecule has 15 heteroatoms. The van der Waals surface area contributed by atoms with Crippen molar-refractivity contribution in [3.05, 3.63) is 101 Å². The number of benzene rings is 2. The molecule has 4 unspecified atom stereocenters. The van der Waals surface area contributed by atoms with E-state index in [1.807, 2.05) is 13.8 Å². The summed E-state index contributed by atoms with van der Waals surface area (Å²) in [5, 5.41) is 13.0. The van der Waals surface area contributed by atoms with E-state index in [9.17, 15) is 10.0 Å². The molecule has 0 spiro atoms. The molecule has 2 saturated heterocycles. The Morgan fingerprint density at radius 2 is 1.09 bits per heavy atom. The number of piperidine rings is 2. The second-order valence-electron chi connectivity index (χ2n) is 22.0. The van der Waals surface area contributed by atoms with Gasteiger partial charge in [0.15, 0.2) is 5.78 Å². The molecule has 67 heavy (non-hydrogen) atoms. The number of fused-ring (bicyclic) bond motifs is 3. The van der Waals surface area contributed by atoms with Crippen LogP contribution in [0.5, 0.6) is 0 Å². The number of likely N-dealkylation sites (tertiary alicyclic amines) is 2. The van der Waals surface area contributed by atoms with Gasteiger partial charge in [0.05, 0.1) is 22.8 Å². The average molecular weight is 1160 g/mol. The Labute approximate surface area is 447 Å². The second-order valence-corrected chi connectivity index (χ2v) is 22.0. The fourth-order valence-corrected chi connectivity index (χ4v) is 14.5. The Morgan fingerprint density at radius 1 is 0.701 bits per heavy atom. The van der Waals surface area contributed by atoms with Gasteiger partial charge in [-0.2, -0.15) is 0 Å². The van der Waals surface area contributed by atoms with Crippen LogP contribution >= 0.6 is 37.2 Å². The Hall–Kier alpha value is -1.48. The number of aryl methyl sites for hydroxylation is 4. The first-order valence-electron chi connectivity index (χ1n) is 23.3. The number of nitrogens with two attached hydrogens (primary N) is 2. The summed E-state index contributed by atoms with van der Waals surface area (Å²) >= 11 is 4.24. The molecule has 3 fully saturated rings. The predicted molar refractivity (Wildman–Crippen MR) is 286 cm³/mol. The summed E-state index contributed by atoms with van der Waals surface area (Å²) in [6.45, 7) is 33.2. The number of rotatable bonds is 1. The number of aromatic nitrogens is 2. The zero-order valence-corrected chi connectivity index (χ0v) is 49.9. The van der Waals surface area contributed by atoms with Crippen molar-refractivity contribution in [2.45, 2.75) is 176 Å². The Kier molecular flexibility index (Phi) is 19.4. The van der Waals surface area contributed by atoms with Gasteiger partial charge in [-0.05, 0) is 170 Å². The molecule has 1 saturated carbocycles. The molecule has 6 aliphatic rings. The van der Waals surface area contributed by atoms with E-state index >= 15 is 0 Å². The molecule has 12 nitrogen and oxygen atoms in total. The van der Waals surface area contributed by atoms with Gasteiger partial charge in [-0.25, -0.2) is 0 Å². The number of ketones is 1. The maximum atomic E-state index is 13.4. The molecule has 2 aromatic carbocycles. The fraction of sp³-hybridized carbons (Fsp3) is 0.654. The van der Waals surface area contributed by atoms with Crippen molar-refractivity contribution in [2.24, 2.45) is 32.9 Å². The summed E-state index contributed by atoms with van der Waals surface area (Å²) in [5.74, 6) is 0.00883. The SMILES string of the molecule is CC(N)C(C)N.Cc1ccc2c(c1C)[C@]13CCN(C)C(C2)[C@]1(C)C/C(=N\O)C(=O)C3(C)C.Cc1ccc2c(c1C)[C@]13CCN(C)C(C2)[C@]1(C)Cc1nc(C)c(C)nc1C3(C)C.II.O=O.[Na+].[OH-]. The molecule has 0 amide bonds. The standard InChI is InChI=1S/C26H35N3.C22H30N2O2.C4H12N2.I2.Na.O2.H2O/c1-15-9-10-19-13-21-25(7)14-20-23(28-18(4)17(3)27-20)24(5,6)26(25,11-12-29(21)8)22(19)16(15)2;1-13-7-8-15-11-17-21(5)12-16(23-26)19(25)20(3,4)22(21,9-10-24(17)6)18(15)14(13)2;1-3(5)4(2)6;1-2;;1-2;/h9-10,21H,11-14H2,1-8H3;7-8,17,26H,9-12H2,1-6H3;3-4H,5-6H2,1-2H3;;;;1H2/q;;;;+1;;/p-1/b;23-16+;;;;;/t21?,25-,26-;17?,21-,22-;;;;;/m00...../s1. The molecular weight excluding hydrogens is 1080 g/mol. The van der Waals surface area contributed by atoms with Gasteiger partial charge in [-0.3, -0.25) is 14.8 Å². The zero-order valence-electron chi connectivity index (χ0n) is 43.5. The average Bonchev–Trinajstić information content (AvgIpc) is 3.24. The number of halogens is 2. The molecule has 3 aromatic rings. The van der Waals surface area contributed by atoms with E-state index in [-0.39, 0.29) is 80.0 Å². The molecule has 366 valence electrons. The Morgan fingerprint density at radius 3 is 1.49 bits per heavy atom. The normalized spacial score (nSPS) is 30.4. The zero-order chi connectivity index (χ0) is 49.2. The summed E-state index contributed by atoms with van der Waals surface area (Å²) < 4.78 is 0. The van der Waals surface area contributed by atoms with Crippen LogP contribution in [0.25, 0.3) is 0 Å². The minimum atomic E-state index is -0.602. The van der Waals surface area contributed by atoms with Crippen LogP contribution in [0.1, 0.15) is 142 Å². The van der Waals surface area contributed by atoms with Crippen molar-refractivity contribution in [3.8, 4) is 0 Å². The minimum absolute atomic E-state index is 0. The summed E-state index contributed by atoms with van der Waals surface area (Å²) in [5.41, 5.74) is 26.4. The van der Waals surface area contributed by atoms with Crippen molar-refractivity contribution in [3.63, 3.8) is 0 Å². The van der Waals surface area contributed by atoms with E-state index in [1.54, 1.807) is 11.1 Å². The third-order valence-electron chi connectivity index (χ3n) is 18.4. The van der Waals surface area contributed by atoms with Gasteiger partial charge in [0.25, 0.3) is 0 Å². The van der Waals surface area contributed by atoms with Crippen LogP contribution in [0, 0.1) is 67.7 Å². The van der Waals surface area contributed by atoms with Crippen LogP contribution < -0.4 is 41.0 Å². The molecule has 9 rings (SSSR count). The summed E-state index contributed by atoms with van der Waals surface area (Å²) in [6, 6.07) is 10.4.